The summed E-state index contributed by atoms with van der Waals surface area (Å²) in [4.78, 5) is 0. The summed E-state index contributed by atoms with van der Waals surface area (Å²) in [6, 6.07) is 11.2. The first-order valence-electron chi connectivity index (χ1n) is 6.87. The average Bonchev–Trinajstić information content (AvgIpc) is 2.99. The number of hydrogen-bond acceptors (Lipinski definition) is 2. The van der Waals surface area contributed by atoms with E-state index in [1.165, 1.54) is 31.2 Å². The molecule has 0 bridgehead atoms. The molecule has 3 atom stereocenters. The Morgan fingerprint density at radius 2 is 1.82 bits per heavy atom. The van der Waals surface area contributed by atoms with E-state index in [2.05, 4.69) is 35.8 Å². The minimum Gasteiger partial charge on any atom is -0.271 e. The van der Waals surface area contributed by atoms with Gasteiger partial charge < -0.3 is 0 Å². The van der Waals surface area contributed by atoms with E-state index < -0.39 is 0 Å². The Labute approximate surface area is 104 Å². The van der Waals surface area contributed by atoms with Gasteiger partial charge >= 0.3 is 0 Å². The van der Waals surface area contributed by atoms with Gasteiger partial charge in [-0.15, -0.1) is 0 Å². The van der Waals surface area contributed by atoms with Crippen molar-refractivity contribution >= 4 is 0 Å². The largest absolute Gasteiger partial charge is 0.271 e. The van der Waals surface area contributed by atoms with Crippen molar-refractivity contribution in [2.75, 3.05) is 0 Å². The van der Waals surface area contributed by atoms with Crippen molar-refractivity contribution in [1.29, 1.82) is 0 Å². The van der Waals surface area contributed by atoms with Gasteiger partial charge in [0.1, 0.15) is 0 Å². The van der Waals surface area contributed by atoms with Crippen LogP contribution in [-0.2, 0) is 6.42 Å². The lowest BCUT2D eigenvalue weighted by atomic mass is 9.90. The number of nitrogens with two attached hydrogens (primary N) is 1. The smallest absolute Gasteiger partial charge is 0.0242 e. The predicted octanol–water partition coefficient (Wildman–Crippen LogP) is 2.50. The first-order chi connectivity index (χ1) is 8.36. The Morgan fingerprint density at radius 1 is 1.12 bits per heavy atom. The number of fused-ring (bicyclic) bond motifs is 1. The molecule has 0 radical (unpaired) electrons. The molecule has 3 rings (SSSR count). The molecule has 1 aromatic rings. The van der Waals surface area contributed by atoms with Gasteiger partial charge in [0, 0.05) is 6.04 Å². The second-order valence-corrected chi connectivity index (χ2v) is 5.78. The molecule has 2 saturated carbocycles. The topological polar surface area (TPSA) is 38.0 Å². The molecule has 3 unspecified atom stereocenters. The molecule has 2 aliphatic rings. The Kier molecular flexibility index (Phi) is 3.17. The van der Waals surface area contributed by atoms with Gasteiger partial charge in [-0.05, 0) is 55.4 Å². The average molecular weight is 230 g/mol. The van der Waals surface area contributed by atoms with Crippen molar-refractivity contribution in [3.8, 4) is 0 Å². The fraction of sp³-hybridized carbons (Fsp3) is 0.600. The summed E-state index contributed by atoms with van der Waals surface area (Å²) in [6.45, 7) is 0. The number of hydrazine groups is 1. The SMILES string of the molecule is NNC(CCc1ccccc1)C1CC2CC2C1. The summed E-state index contributed by atoms with van der Waals surface area (Å²) in [5.41, 5.74) is 4.48. The first kappa shape index (κ1) is 11.2. The van der Waals surface area contributed by atoms with Crippen LogP contribution < -0.4 is 11.3 Å². The molecule has 3 N–H and O–H groups in total. The Balaban J connectivity index is 1.52. The van der Waals surface area contributed by atoms with Gasteiger partial charge in [0.25, 0.3) is 0 Å². The number of aryl methyl sites for hydroxylation is 1. The van der Waals surface area contributed by atoms with Crippen LogP contribution in [0.2, 0.25) is 0 Å². The fourth-order valence-electron chi connectivity index (χ4n) is 3.51. The summed E-state index contributed by atoms with van der Waals surface area (Å²) in [6.07, 6.45) is 6.63. The third-order valence-corrected chi connectivity index (χ3v) is 4.65. The molecule has 92 valence electrons. The lowest BCUT2D eigenvalue weighted by Crippen LogP contribution is -2.40. The van der Waals surface area contributed by atoms with E-state index in [1.54, 1.807) is 0 Å². The molecule has 0 amide bonds. The summed E-state index contributed by atoms with van der Waals surface area (Å²) >= 11 is 0. The molecule has 0 heterocycles. The van der Waals surface area contributed by atoms with Gasteiger partial charge in [-0.25, -0.2) is 0 Å². The second kappa shape index (κ2) is 4.79. The van der Waals surface area contributed by atoms with Crippen molar-refractivity contribution in [1.82, 2.24) is 5.43 Å². The predicted molar refractivity (Wildman–Crippen MR) is 70.2 cm³/mol. The van der Waals surface area contributed by atoms with Crippen LogP contribution in [0.3, 0.4) is 0 Å². The molecule has 2 nitrogen and oxygen atoms in total. The lowest BCUT2D eigenvalue weighted by Gasteiger charge is -2.24. The van der Waals surface area contributed by atoms with Crippen LogP contribution in [0.15, 0.2) is 30.3 Å². The molecule has 0 aliphatic heterocycles. The Morgan fingerprint density at radius 3 is 2.47 bits per heavy atom. The summed E-state index contributed by atoms with van der Waals surface area (Å²) in [5.74, 6) is 8.65. The molecular weight excluding hydrogens is 208 g/mol. The van der Waals surface area contributed by atoms with Crippen LogP contribution in [-0.4, -0.2) is 6.04 Å². The number of benzene rings is 1. The van der Waals surface area contributed by atoms with Crippen LogP contribution in [0.4, 0.5) is 0 Å². The maximum Gasteiger partial charge on any atom is 0.0242 e. The molecule has 0 spiro atoms. The molecule has 0 saturated heterocycles. The summed E-state index contributed by atoms with van der Waals surface area (Å²) in [7, 11) is 0. The van der Waals surface area contributed by atoms with Crippen molar-refractivity contribution in [3.63, 3.8) is 0 Å². The van der Waals surface area contributed by atoms with Crippen molar-refractivity contribution in [3.05, 3.63) is 35.9 Å². The maximum atomic E-state index is 5.73. The van der Waals surface area contributed by atoms with Gasteiger partial charge in [-0.3, -0.25) is 11.3 Å². The molecule has 17 heavy (non-hydrogen) atoms. The molecule has 2 aliphatic carbocycles. The van der Waals surface area contributed by atoms with Crippen LogP contribution in [0.25, 0.3) is 0 Å². The second-order valence-electron chi connectivity index (χ2n) is 5.78. The monoisotopic (exact) mass is 230 g/mol. The van der Waals surface area contributed by atoms with Crippen molar-refractivity contribution < 1.29 is 0 Å². The van der Waals surface area contributed by atoms with E-state index in [9.17, 15) is 0 Å². The maximum absolute atomic E-state index is 5.73. The van der Waals surface area contributed by atoms with Crippen LogP contribution >= 0.6 is 0 Å². The zero-order valence-corrected chi connectivity index (χ0v) is 10.3. The van der Waals surface area contributed by atoms with Gasteiger partial charge in [-0.1, -0.05) is 30.3 Å². The van der Waals surface area contributed by atoms with E-state index in [4.69, 9.17) is 5.84 Å². The Bertz CT molecular complexity index is 352. The van der Waals surface area contributed by atoms with E-state index in [1.807, 2.05) is 0 Å². The highest BCUT2D eigenvalue weighted by Gasteiger charge is 2.47. The molecule has 1 aromatic carbocycles. The molecule has 2 heteroatoms. The Hall–Kier alpha value is -0.860. The fourth-order valence-corrected chi connectivity index (χ4v) is 3.51. The van der Waals surface area contributed by atoms with E-state index in [0.29, 0.717) is 6.04 Å². The van der Waals surface area contributed by atoms with Crippen molar-refractivity contribution in [2.45, 2.75) is 38.1 Å². The molecule has 2 fully saturated rings. The van der Waals surface area contributed by atoms with E-state index in [-0.39, 0.29) is 0 Å². The first-order valence-corrected chi connectivity index (χ1v) is 6.87. The molecular formula is C15H22N2. The summed E-state index contributed by atoms with van der Waals surface area (Å²) < 4.78 is 0. The number of hydrogen-bond donors (Lipinski definition) is 2. The number of nitrogens with one attached hydrogen (secondary N) is 1. The third kappa shape index (κ3) is 2.53. The zero-order valence-electron chi connectivity index (χ0n) is 10.3. The highest BCUT2D eigenvalue weighted by molar-refractivity contribution is 5.15. The van der Waals surface area contributed by atoms with Gasteiger partial charge in [0.05, 0.1) is 0 Å². The zero-order chi connectivity index (χ0) is 11.7. The quantitative estimate of drug-likeness (QED) is 0.602. The molecule has 0 aromatic heterocycles. The minimum absolute atomic E-state index is 0.517. The third-order valence-electron chi connectivity index (χ3n) is 4.65. The van der Waals surface area contributed by atoms with Crippen LogP contribution in [0.1, 0.15) is 31.2 Å². The van der Waals surface area contributed by atoms with Crippen LogP contribution in [0.5, 0.6) is 0 Å². The highest BCUT2D eigenvalue weighted by Crippen LogP contribution is 2.55. The van der Waals surface area contributed by atoms with E-state index >= 15 is 0 Å². The standard InChI is InChI=1S/C15H22N2/c16-17-15(14-9-12-8-13(12)10-14)7-6-11-4-2-1-3-5-11/h1-5,12-15,17H,6-10,16H2. The van der Waals surface area contributed by atoms with Crippen LogP contribution in [0, 0.1) is 17.8 Å². The van der Waals surface area contributed by atoms with E-state index in [0.717, 1.165) is 24.2 Å². The van der Waals surface area contributed by atoms with Crippen molar-refractivity contribution in [2.24, 2.45) is 23.6 Å². The van der Waals surface area contributed by atoms with Gasteiger partial charge in [0.15, 0.2) is 0 Å². The number of rotatable bonds is 5. The normalized spacial score (nSPS) is 32.2. The summed E-state index contributed by atoms with van der Waals surface area (Å²) in [5, 5.41) is 0. The highest BCUT2D eigenvalue weighted by atomic mass is 15.2. The lowest BCUT2D eigenvalue weighted by molar-refractivity contribution is 0.322. The van der Waals surface area contributed by atoms with Gasteiger partial charge in [-0.2, -0.15) is 0 Å². The minimum atomic E-state index is 0.517. The van der Waals surface area contributed by atoms with Gasteiger partial charge in [0.2, 0.25) is 0 Å².